The SMILES string of the molecule is CC1CCCN(Cc2cc(F)cc(C#N)c2)C1CN. The summed E-state index contributed by atoms with van der Waals surface area (Å²) in [6, 6.07) is 6.88. The van der Waals surface area contributed by atoms with Gasteiger partial charge in [0.25, 0.3) is 0 Å². The second-order valence-corrected chi connectivity index (χ2v) is 5.35. The maximum atomic E-state index is 13.4. The molecule has 0 aliphatic carbocycles. The standard InChI is InChI=1S/C15H20FN3/c1-11-3-2-4-19(15(11)9-18)10-13-5-12(8-17)6-14(16)7-13/h5-7,11,15H,2-4,9-10,18H2,1H3. The molecule has 1 aliphatic rings. The van der Waals surface area contributed by atoms with Crippen molar-refractivity contribution >= 4 is 0 Å². The number of benzene rings is 1. The fraction of sp³-hybridized carbons (Fsp3) is 0.533. The number of nitrogens with zero attached hydrogens (tertiary/aromatic N) is 2. The van der Waals surface area contributed by atoms with Gasteiger partial charge in [0.1, 0.15) is 5.82 Å². The Balaban J connectivity index is 2.15. The van der Waals surface area contributed by atoms with Gasteiger partial charge in [-0.15, -0.1) is 0 Å². The van der Waals surface area contributed by atoms with E-state index in [1.54, 1.807) is 6.07 Å². The predicted octanol–water partition coefficient (Wildman–Crippen LogP) is 2.26. The molecule has 1 aromatic rings. The Labute approximate surface area is 113 Å². The lowest BCUT2D eigenvalue weighted by atomic mass is 9.90. The zero-order valence-corrected chi connectivity index (χ0v) is 11.3. The predicted molar refractivity (Wildman–Crippen MR) is 72.8 cm³/mol. The molecule has 0 bridgehead atoms. The highest BCUT2D eigenvalue weighted by Gasteiger charge is 2.27. The summed E-state index contributed by atoms with van der Waals surface area (Å²) in [7, 11) is 0. The largest absolute Gasteiger partial charge is 0.329 e. The maximum absolute atomic E-state index is 13.4. The Morgan fingerprint density at radius 1 is 1.47 bits per heavy atom. The third-order valence-corrected chi connectivity index (χ3v) is 3.94. The monoisotopic (exact) mass is 261 g/mol. The van der Waals surface area contributed by atoms with Crippen LogP contribution in [-0.4, -0.2) is 24.0 Å². The Morgan fingerprint density at radius 2 is 2.26 bits per heavy atom. The number of nitrogens with two attached hydrogens (primary N) is 1. The molecule has 0 spiro atoms. The molecule has 102 valence electrons. The fourth-order valence-corrected chi connectivity index (χ4v) is 2.95. The second kappa shape index (κ2) is 6.14. The van der Waals surface area contributed by atoms with Crippen molar-refractivity contribution in [3.63, 3.8) is 0 Å². The summed E-state index contributed by atoms with van der Waals surface area (Å²) in [5, 5.41) is 8.88. The molecule has 2 unspecified atom stereocenters. The van der Waals surface area contributed by atoms with Crippen molar-refractivity contribution in [1.82, 2.24) is 4.90 Å². The maximum Gasteiger partial charge on any atom is 0.124 e. The van der Waals surface area contributed by atoms with Crippen molar-refractivity contribution in [2.45, 2.75) is 32.4 Å². The number of rotatable bonds is 3. The smallest absolute Gasteiger partial charge is 0.124 e. The molecule has 1 saturated heterocycles. The van der Waals surface area contributed by atoms with Crippen molar-refractivity contribution in [2.24, 2.45) is 11.7 Å². The molecule has 2 rings (SSSR count). The van der Waals surface area contributed by atoms with Crippen LogP contribution in [0.4, 0.5) is 4.39 Å². The van der Waals surface area contributed by atoms with Crippen molar-refractivity contribution in [3.05, 3.63) is 35.1 Å². The normalized spacial score (nSPS) is 24.1. The van der Waals surface area contributed by atoms with Crippen molar-refractivity contribution in [3.8, 4) is 6.07 Å². The summed E-state index contributed by atoms with van der Waals surface area (Å²) in [5.74, 6) is 0.228. The molecule has 2 N–H and O–H groups in total. The van der Waals surface area contributed by atoms with E-state index in [1.807, 2.05) is 6.07 Å². The molecule has 1 heterocycles. The van der Waals surface area contributed by atoms with E-state index in [0.29, 0.717) is 30.6 Å². The van der Waals surface area contributed by atoms with Gasteiger partial charge in [0, 0.05) is 19.1 Å². The van der Waals surface area contributed by atoms with Crippen LogP contribution in [0.15, 0.2) is 18.2 Å². The van der Waals surface area contributed by atoms with E-state index in [4.69, 9.17) is 11.0 Å². The zero-order valence-electron chi connectivity index (χ0n) is 11.3. The minimum Gasteiger partial charge on any atom is -0.329 e. The van der Waals surface area contributed by atoms with Crippen LogP contribution in [0.3, 0.4) is 0 Å². The van der Waals surface area contributed by atoms with E-state index < -0.39 is 0 Å². The first-order valence-electron chi connectivity index (χ1n) is 6.77. The topological polar surface area (TPSA) is 53.0 Å². The van der Waals surface area contributed by atoms with Crippen LogP contribution in [0.2, 0.25) is 0 Å². The number of hydrogen-bond donors (Lipinski definition) is 1. The lowest BCUT2D eigenvalue weighted by molar-refractivity contribution is 0.0990. The lowest BCUT2D eigenvalue weighted by Crippen LogP contribution is -2.48. The molecule has 19 heavy (non-hydrogen) atoms. The highest BCUT2D eigenvalue weighted by molar-refractivity contribution is 5.33. The number of likely N-dealkylation sites (tertiary alicyclic amines) is 1. The first-order chi connectivity index (χ1) is 9.13. The van der Waals surface area contributed by atoms with E-state index in [-0.39, 0.29) is 5.82 Å². The number of piperidine rings is 1. The Morgan fingerprint density at radius 3 is 2.95 bits per heavy atom. The van der Waals surface area contributed by atoms with Gasteiger partial charge >= 0.3 is 0 Å². The molecule has 0 aromatic heterocycles. The fourth-order valence-electron chi connectivity index (χ4n) is 2.95. The number of halogens is 1. The van der Waals surface area contributed by atoms with Crippen LogP contribution in [0.5, 0.6) is 0 Å². The van der Waals surface area contributed by atoms with E-state index in [1.165, 1.54) is 18.6 Å². The molecule has 1 aromatic carbocycles. The first-order valence-corrected chi connectivity index (χ1v) is 6.77. The molecule has 0 amide bonds. The minimum atomic E-state index is -0.344. The Bertz CT molecular complexity index is 481. The van der Waals surface area contributed by atoms with Gasteiger partial charge in [-0.05, 0) is 49.1 Å². The third kappa shape index (κ3) is 3.31. The van der Waals surface area contributed by atoms with Gasteiger partial charge in [0.05, 0.1) is 11.6 Å². The van der Waals surface area contributed by atoms with Gasteiger partial charge in [-0.2, -0.15) is 5.26 Å². The van der Waals surface area contributed by atoms with Crippen LogP contribution >= 0.6 is 0 Å². The summed E-state index contributed by atoms with van der Waals surface area (Å²) >= 11 is 0. The summed E-state index contributed by atoms with van der Waals surface area (Å²) < 4.78 is 13.4. The van der Waals surface area contributed by atoms with Crippen LogP contribution in [0, 0.1) is 23.1 Å². The summed E-state index contributed by atoms with van der Waals surface area (Å²) in [5.41, 5.74) is 7.09. The molecule has 1 fully saturated rings. The average molecular weight is 261 g/mol. The molecule has 4 heteroatoms. The third-order valence-electron chi connectivity index (χ3n) is 3.94. The highest BCUT2D eigenvalue weighted by Crippen LogP contribution is 2.24. The van der Waals surface area contributed by atoms with E-state index in [9.17, 15) is 4.39 Å². The molecular formula is C15H20FN3. The highest BCUT2D eigenvalue weighted by atomic mass is 19.1. The van der Waals surface area contributed by atoms with Crippen molar-refractivity contribution < 1.29 is 4.39 Å². The second-order valence-electron chi connectivity index (χ2n) is 5.35. The Hall–Kier alpha value is -1.44. The first kappa shape index (κ1) is 14.0. The molecule has 1 aliphatic heterocycles. The lowest BCUT2D eigenvalue weighted by Gasteiger charge is -2.39. The Kier molecular flexibility index (Phi) is 4.52. The molecule has 3 nitrogen and oxygen atoms in total. The van der Waals surface area contributed by atoms with Crippen molar-refractivity contribution in [1.29, 1.82) is 5.26 Å². The van der Waals surface area contributed by atoms with E-state index >= 15 is 0 Å². The van der Waals surface area contributed by atoms with Gasteiger partial charge in [-0.3, -0.25) is 4.90 Å². The van der Waals surface area contributed by atoms with Crippen LogP contribution in [0.1, 0.15) is 30.9 Å². The quantitative estimate of drug-likeness (QED) is 0.908. The van der Waals surface area contributed by atoms with Gasteiger partial charge in [0.15, 0.2) is 0 Å². The van der Waals surface area contributed by atoms with Crippen molar-refractivity contribution in [2.75, 3.05) is 13.1 Å². The molecule has 0 saturated carbocycles. The van der Waals surface area contributed by atoms with Crippen LogP contribution in [-0.2, 0) is 6.54 Å². The number of nitriles is 1. The van der Waals surface area contributed by atoms with E-state index in [2.05, 4.69) is 11.8 Å². The average Bonchev–Trinajstić information content (AvgIpc) is 2.38. The zero-order chi connectivity index (χ0) is 13.8. The summed E-state index contributed by atoms with van der Waals surface area (Å²) in [4.78, 5) is 2.31. The van der Waals surface area contributed by atoms with E-state index in [0.717, 1.165) is 18.5 Å². The minimum absolute atomic E-state index is 0.344. The van der Waals surface area contributed by atoms with Gasteiger partial charge in [-0.25, -0.2) is 4.39 Å². The van der Waals surface area contributed by atoms with Gasteiger partial charge in [-0.1, -0.05) is 6.92 Å². The van der Waals surface area contributed by atoms with Crippen LogP contribution < -0.4 is 5.73 Å². The van der Waals surface area contributed by atoms with Gasteiger partial charge < -0.3 is 5.73 Å². The number of hydrogen-bond acceptors (Lipinski definition) is 3. The summed E-state index contributed by atoms with van der Waals surface area (Å²) in [6.07, 6.45) is 2.35. The molecule has 0 radical (unpaired) electrons. The summed E-state index contributed by atoms with van der Waals surface area (Å²) in [6.45, 7) is 4.50. The van der Waals surface area contributed by atoms with Gasteiger partial charge in [0.2, 0.25) is 0 Å². The molecule has 2 atom stereocenters. The van der Waals surface area contributed by atoms with Crippen LogP contribution in [0.25, 0.3) is 0 Å². The molecular weight excluding hydrogens is 241 g/mol.